The highest BCUT2D eigenvalue weighted by molar-refractivity contribution is 5.97. The Bertz CT molecular complexity index is 1100. The third-order valence-electron chi connectivity index (χ3n) is 4.19. The lowest BCUT2D eigenvalue weighted by Gasteiger charge is -2.13. The predicted molar refractivity (Wildman–Crippen MR) is 102 cm³/mol. The molecule has 0 saturated carbocycles. The minimum absolute atomic E-state index is 0.278. The molecule has 4 aromatic rings. The van der Waals surface area contributed by atoms with Crippen LogP contribution in [0.4, 0.5) is 10.2 Å². The highest BCUT2D eigenvalue weighted by atomic mass is 19.1. The van der Waals surface area contributed by atoms with Crippen molar-refractivity contribution in [3.05, 3.63) is 60.8 Å². The average Bonchev–Trinajstić information content (AvgIpc) is 2.73. The molecule has 0 atom stereocenters. The van der Waals surface area contributed by atoms with Gasteiger partial charge < -0.3 is 10.1 Å². The molecule has 0 radical (unpaired) electrons. The normalized spacial score (nSPS) is 10.8. The smallest absolute Gasteiger partial charge is 0.182 e. The van der Waals surface area contributed by atoms with Gasteiger partial charge in [0.1, 0.15) is 28.6 Å². The quantitative estimate of drug-likeness (QED) is 0.593. The summed E-state index contributed by atoms with van der Waals surface area (Å²) < 4.78 is 18.8. The maximum atomic E-state index is 13.3. The number of halogens is 1. The number of hydrogen-bond donors (Lipinski definition) is 1. The Morgan fingerprint density at radius 3 is 2.48 bits per heavy atom. The van der Waals surface area contributed by atoms with Crippen LogP contribution in [-0.2, 0) is 0 Å². The van der Waals surface area contributed by atoms with Crippen LogP contribution in [0.25, 0.3) is 33.5 Å². The summed E-state index contributed by atoms with van der Waals surface area (Å²) in [5.41, 5.74) is 2.98. The lowest BCUT2D eigenvalue weighted by molar-refractivity contribution is 0.419. The van der Waals surface area contributed by atoms with Gasteiger partial charge in [0, 0.05) is 24.8 Å². The molecule has 0 fully saturated rings. The second-order valence-corrected chi connectivity index (χ2v) is 5.82. The molecule has 2 heterocycles. The fourth-order valence-corrected chi connectivity index (χ4v) is 2.89. The number of benzene rings is 2. The number of nitrogens with one attached hydrogen (secondary N) is 1. The number of ether oxygens (including phenoxy) is 1. The Balaban J connectivity index is 1.96. The minimum Gasteiger partial charge on any atom is -0.494 e. The van der Waals surface area contributed by atoms with Gasteiger partial charge in [-0.2, -0.15) is 0 Å². The molecule has 0 spiro atoms. The van der Waals surface area contributed by atoms with Gasteiger partial charge in [0.2, 0.25) is 0 Å². The summed E-state index contributed by atoms with van der Waals surface area (Å²) in [6.45, 7) is 0. The monoisotopic (exact) mass is 361 g/mol. The maximum absolute atomic E-state index is 13.3. The van der Waals surface area contributed by atoms with Crippen LogP contribution in [0.15, 0.2) is 55.0 Å². The van der Waals surface area contributed by atoms with Gasteiger partial charge >= 0.3 is 0 Å². The van der Waals surface area contributed by atoms with Gasteiger partial charge in [-0.3, -0.25) is 4.98 Å². The first kappa shape index (κ1) is 16.8. The van der Waals surface area contributed by atoms with Crippen LogP contribution < -0.4 is 10.1 Å². The van der Waals surface area contributed by atoms with Crippen molar-refractivity contribution in [1.29, 1.82) is 0 Å². The fraction of sp³-hybridized carbons (Fsp3) is 0.100. The van der Waals surface area contributed by atoms with Crippen LogP contribution in [-0.4, -0.2) is 34.1 Å². The molecule has 1 N–H and O–H groups in total. The summed E-state index contributed by atoms with van der Waals surface area (Å²) in [6.07, 6.45) is 4.80. The fourth-order valence-electron chi connectivity index (χ4n) is 2.89. The lowest BCUT2D eigenvalue weighted by Crippen LogP contribution is -2.01. The number of fused-ring (bicyclic) bond motifs is 1. The van der Waals surface area contributed by atoms with Gasteiger partial charge in [-0.05, 0) is 35.4 Å². The average molecular weight is 361 g/mol. The van der Waals surface area contributed by atoms with E-state index in [1.54, 1.807) is 44.9 Å². The van der Waals surface area contributed by atoms with Crippen LogP contribution in [0, 0.1) is 5.82 Å². The summed E-state index contributed by atoms with van der Waals surface area (Å²) in [6, 6.07) is 10.1. The maximum Gasteiger partial charge on any atom is 0.182 e. The molecule has 0 saturated heterocycles. The van der Waals surface area contributed by atoms with Crippen molar-refractivity contribution in [3.8, 4) is 28.4 Å². The zero-order valence-corrected chi connectivity index (χ0v) is 14.8. The van der Waals surface area contributed by atoms with E-state index >= 15 is 0 Å². The number of rotatable bonds is 4. The first-order chi connectivity index (χ1) is 13.2. The van der Waals surface area contributed by atoms with Crippen LogP contribution in [0.2, 0.25) is 0 Å². The zero-order chi connectivity index (χ0) is 18.8. The molecular formula is C20H16FN5O. The number of anilines is 1. The highest BCUT2D eigenvalue weighted by Gasteiger charge is 2.15. The second-order valence-electron chi connectivity index (χ2n) is 5.82. The Morgan fingerprint density at radius 2 is 1.81 bits per heavy atom. The molecular weight excluding hydrogens is 345 g/mol. The molecule has 7 heteroatoms. The van der Waals surface area contributed by atoms with Gasteiger partial charge in [0.25, 0.3) is 0 Å². The highest BCUT2D eigenvalue weighted by Crippen LogP contribution is 2.35. The van der Waals surface area contributed by atoms with Crippen molar-refractivity contribution in [2.75, 3.05) is 19.5 Å². The van der Waals surface area contributed by atoms with E-state index in [0.717, 1.165) is 16.5 Å². The summed E-state index contributed by atoms with van der Waals surface area (Å²) in [5, 5.41) is 3.90. The Kier molecular flexibility index (Phi) is 4.33. The molecule has 2 aromatic heterocycles. The van der Waals surface area contributed by atoms with Crippen LogP contribution >= 0.6 is 0 Å². The zero-order valence-electron chi connectivity index (χ0n) is 14.8. The molecule has 134 valence electrons. The van der Waals surface area contributed by atoms with Crippen LogP contribution in [0.1, 0.15) is 0 Å². The molecule has 27 heavy (non-hydrogen) atoms. The van der Waals surface area contributed by atoms with E-state index < -0.39 is 0 Å². The Labute approximate surface area is 155 Å². The van der Waals surface area contributed by atoms with Crippen molar-refractivity contribution < 1.29 is 9.13 Å². The topological polar surface area (TPSA) is 72.8 Å². The van der Waals surface area contributed by atoms with Crippen LogP contribution in [0.3, 0.4) is 0 Å². The molecule has 0 amide bonds. The SMILES string of the molecule is CNc1nc(-c2cnccn2)nc2c(OC)cc(-c3ccc(F)cc3)cc12. The molecule has 4 rings (SSSR count). The minimum atomic E-state index is -0.278. The molecule has 0 bridgehead atoms. The molecule has 0 unspecified atom stereocenters. The molecule has 0 aliphatic carbocycles. The van der Waals surface area contributed by atoms with Crippen LogP contribution in [0.5, 0.6) is 5.75 Å². The number of hydrogen-bond acceptors (Lipinski definition) is 6. The van der Waals surface area contributed by atoms with E-state index in [1.807, 2.05) is 12.1 Å². The third-order valence-corrected chi connectivity index (χ3v) is 4.19. The Morgan fingerprint density at radius 1 is 1.00 bits per heavy atom. The van der Waals surface area contributed by atoms with E-state index in [-0.39, 0.29) is 5.82 Å². The van der Waals surface area contributed by atoms with Crippen molar-refractivity contribution >= 4 is 16.7 Å². The van der Waals surface area contributed by atoms with Gasteiger partial charge in [-0.15, -0.1) is 0 Å². The van der Waals surface area contributed by atoms with Crippen molar-refractivity contribution in [3.63, 3.8) is 0 Å². The van der Waals surface area contributed by atoms with E-state index in [9.17, 15) is 4.39 Å². The molecule has 0 aliphatic rings. The standard InChI is InChI=1S/C20H16FN5O/c1-22-19-15-9-13(12-3-5-14(21)6-4-12)10-17(27-2)18(15)25-20(26-19)16-11-23-7-8-24-16/h3-11H,1-2H3,(H,22,25,26). The van der Waals surface area contributed by atoms with Gasteiger partial charge in [-0.25, -0.2) is 19.3 Å². The van der Waals surface area contributed by atoms with Gasteiger partial charge in [-0.1, -0.05) is 12.1 Å². The Hall–Kier alpha value is -3.61. The lowest BCUT2D eigenvalue weighted by atomic mass is 10.0. The molecule has 6 nitrogen and oxygen atoms in total. The van der Waals surface area contributed by atoms with Gasteiger partial charge in [0.05, 0.1) is 13.3 Å². The summed E-state index contributed by atoms with van der Waals surface area (Å²) in [5.74, 6) is 1.41. The second kappa shape index (κ2) is 6.95. The largest absolute Gasteiger partial charge is 0.494 e. The first-order valence-corrected chi connectivity index (χ1v) is 8.29. The van der Waals surface area contributed by atoms with Crippen molar-refractivity contribution in [2.24, 2.45) is 0 Å². The summed E-state index contributed by atoms with van der Waals surface area (Å²) >= 11 is 0. The number of nitrogens with zero attached hydrogens (tertiary/aromatic N) is 4. The summed E-state index contributed by atoms with van der Waals surface area (Å²) in [7, 11) is 3.38. The third kappa shape index (κ3) is 3.15. The van der Waals surface area contributed by atoms with Gasteiger partial charge in [0.15, 0.2) is 5.82 Å². The summed E-state index contributed by atoms with van der Waals surface area (Å²) in [4.78, 5) is 17.6. The number of aromatic nitrogens is 4. The van der Waals surface area contributed by atoms with E-state index in [4.69, 9.17) is 4.74 Å². The van der Waals surface area contributed by atoms with Crippen molar-refractivity contribution in [2.45, 2.75) is 0 Å². The molecule has 2 aromatic carbocycles. The molecule has 0 aliphatic heterocycles. The predicted octanol–water partition coefficient (Wildman–Crippen LogP) is 3.94. The van der Waals surface area contributed by atoms with E-state index in [2.05, 4.69) is 25.3 Å². The first-order valence-electron chi connectivity index (χ1n) is 8.29. The van der Waals surface area contributed by atoms with Crippen molar-refractivity contribution in [1.82, 2.24) is 19.9 Å². The number of methoxy groups -OCH3 is 1. The van der Waals surface area contributed by atoms with E-state index in [1.165, 1.54) is 12.1 Å². The van der Waals surface area contributed by atoms with E-state index in [0.29, 0.717) is 28.6 Å².